The lowest BCUT2D eigenvalue weighted by molar-refractivity contribution is -0.148. The van der Waals surface area contributed by atoms with Crippen molar-refractivity contribution in [3.8, 4) is 0 Å². The second-order valence-electron chi connectivity index (χ2n) is 10.5. The predicted molar refractivity (Wildman–Crippen MR) is 121 cm³/mol. The van der Waals surface area contributed by atoms with Gasteiger partial charge in [-0.15, -0.1) is 0 Å². The maximum atomic E-state index is 14.3. The van der Waals surface area contributed by atoms with Gasteiger partial charge < -0.3 is 0 Å². The number of carbonyl (C=O) groups excluding carboxylic acids is 3. The molecule has 4 nitrogen and oxygen atoms in total. The molecular formula is C27H35NO3. The van der Waals surface area contributed by atoms with Crippen LogP contribution in [0.3, 0.4) is 0 Å². The van der Waals surface area contributed by atoms with Crippen molar-refractivity contribution in [1.29, 1.82) is 0 Å². The fourth-order valence-electron chi connectivity index (χ4n) is 6.57. The molecular weight excluding hydrogens is 386 g/mol. The molecule has 0 aromatic heterocycles. The fraction of sp³-hybridized carbons (Fsp3) is 0.593. The Morgan fingerprint density at radius 1 is 1.16 bits per heavy atom. The Hall–Kier alpha value is -2.23. The van der Waals surface area contributed by atoms with Crippen molar-refractivity contribution >= 4 is 17.6 Å². The quantitative estimate of drug-likeness (QED) is 0.379. The lowest BCUT2D eigenvalue weighted by Gasteiger charge is -2.45. The molecule has 0 radical (unpaired) electrons. The number of benzene rings is 1. The van der Waals surface area contributed by atoms with Gasteiger partial charge in [-0.2, -0.15) is 0 Å². The highest BCUT2D eigenvalue weighted by molar-refractivity contribution is 6.16. The van der Waals surface area contributed by atoms with Crippen molar-refractivity contribution < 1.29 is 14.4 Å². The molecule has 2 amide bonds. The highest BCUT2D eigenvalue weighted by Crippen LogP contribution is 2.60. The van der Waals surface area contributed by atoms with Crippen molar-refractivity contribution in [3.63, 3.8) is 0 Å². The summed E-state index contributed by atoms with van der Waals surface area (Å²) in [6.07, 6.45) is 5.01. The van der Waals surface area contributed by atoms with Crippen LogP contribution in [0.1, 0.15) is 70.7 Å². The molecule has 0 N–H and O–H groups in total. The normalized spacial score (nSPS) is 35.5. The van der Waals surface area contributed by atoms with Gasteiger partial charge in [-0.05, 0) is 62.0 Å². The fourth-order valence-corrected chi connectivity index (χ4v) is 6.57. The van der Waals surface area contributed by atoms with Crippen LogP contribution in [-0.2, 0) is 9.59 Å². The largest absolute Gasteiger partial charge is 0.298 e. The number of amides is 2. The number of Topliss-reactive ketones (excluding diaryl/α,β-unsaturated/α-hetero) is 1. The van der Waals surface area contributed by atoms with Gasteiger partial charge in [0, 0.05) is 23.9 Å². The summed E-state index contributed by atoms with van der Waals surface area (Å²) in [4.78, 5) is 43.3. The zero-order chi connectivity index (χ0) is 22.5. The number of hydrogen-bond donors (Lipinski definition) is 0. The summed E-state index contributed by atoms with van der Waals surface area (Å²) in [6, 6.07) is 8.80. The SMILES string of the molecule is CC1=C[C@H]2C[C@@H](C)CCC(=O)C23C(=O)N(C(=O)c2ccccc2)C(CC(C)C)C3[C@H]1C. The van der Waals surface area contributed by atoms with E-state index in [1.807, 2.05) is 18.2 Å². The first-order valence-electron chi connectivity index (χ1n) is 11.8. The molecule has 3 unspecified atom stereocenters. The van der Waals surface area contributed by atoms with Gasteiger partial charge in [-0.3, -0.25) is 19.3 Å². The van der Waals surface area contributed by atoms with Gasteiger partial charge in [-0.25, -0.2) is 0 Å². The molecule has 1 heterocycles. The Labute approximate surface area is 186 Å². The molecule has 1 aliphatic heterocycles. The maximum Gasteiger partial charge on any atom is 0.260 e. The van der Waals surface area contributed by atoms with E-state index in [9.17, 15) is 14.4 Å². The molecule has 0 bridgehead atoms. The third-order valence-electron chi connectivity index (χ3n) is 8.08. The highest BCUT2D eigenvalue weighted by atomic mass is 16.2. The molecule has 166 valence electrons. The van der Waals surface area contributed by atoms with Crippen LogP contribution in [0.2, 0.25) is 0 Å². The lowest BCUT2D eigenvalue weighted by atomic mass is 9.54. The molecule has 1 spiro atoms. The van der Waals surface area contributed by atoms with Crippen LogP contribution < -0.4 is 0 Å². The molecule has 1 saturated heterocycles. The maximum absolute atomic E-state index is 14.3. The Bertz CT molecular complexity index is 918. The molecule has 1 aromatic carbocycles. The van der Waals surface area contributed by atoms with Crippen molar-refractivity contribution in [2.75, 3.05) is 0 Å². The van der Waals surface area contributed by atoms with Gasteiger partial charge in [0.05, 0.1) is 0 Å². The number of hydrogen-bond acceptors (Lipinski definition) is 3. The molecule has 4 rings (SSSR count). The molecule has 1 aromatic rings. The summed E-state index contributed by atoms with van der Waals surface area (Å²) in [5.74, 6) is 0.0968. The van der Waals surface area contributed by atoms with Gasteiger partial charge >= 0.3 is 0 Å². The summed E-state index contributed by atoms with van der Waals surface area (Å²) in [6.45, 7) is 10.7. The molecule has 2 fully saturated rings. The topological polar surface area (TPSA) is 54.5 Å². The molecule has 4 heteroatoms. The summed E-state index contributed by atoms with van der Waals surface area (Å²) in [5, 5.41) is 0. The lowest BCUT2D eigenvalue weighted by Crippen LogP contribution is -2.52. The zero-order valence-corrected chi connectivity index (χ0v) is 19.4. The van der Waals surface area contributed by atoms with Gasteiger partial charge in [0.2, 0.25) is 5.91 Å². The third kappa shape index (κ3) is 3.30. The number of nitrogens with zero attached hydrogens (tertiary/aromatic N) is 1. The third-order valence-corrected chi connectivity index (χ3v) is 8.08. The average Bonchev–Trinajstić information content (AvgIpc) is 2.91. The van der Waals surface area contributed by atoms with Crippen LogP contribution in [0.15, 0.2) is 42.0 Å². The Morgan fingerprint density at radius 2 is 1.84 bits per heavy atom. The summed E-state index contributed by atoms with van der Waals surface area (Å²) >= 11 is 0. The first-order chi connectivity index (χ1) is 14.7. The van der Waals surface area contributed by atoms with Crippen LogP contribution >= 0.6 is 0 Å². The van der Waals surface area contributed by atoms with E-state index >= 15 is 0 Å². The first-order valence-corrected chi connectivity index (χ1v) is 11.8. The summed E-state index contributed by atoms with van der Waals surface area (Å²) in [5.41, 5.74) is 0.680. The standard InChI is InChI=1S/C27H35NO3/c1-16(2)13-22-24-19(5)18(4)15-21-14-17(3)11-12-23(29)27(21,24)26(31)28(22)25(30)20-9-7-6-8-10-20/h6-10,15-17,19,21-22,24H,11-14H2,1-5H3/t17-,19-,21+,22?,24?,27?/m0/s1. The average molecular weight is 422 g/mol. The number of carbonyl (C=O) groups is 3. The minimum Gasteiger partial charge on any atom is -0.298 e. The van der Waals surface area contributed by atoms with Crippen LogP contribution in [0, 0.1) is 35.0 Å². The van der Waals surface area contributed by atoms with E-state index in [2.05, 4.69) is 40.7 Å². The predicted octanol–water partition coefficient (Wildman–Crippen LogP) is 5.29. The summed E-state index contributed by atoms with van der Waals surface area (Å²) < 4.78 is 0. The number of rotatable bonds is 3. The van der Waals surface area contributed by atoms with Gasteiger partial charge in [0.25, 0.3) is 5.91 Å². The Balaban J connectivity index is 1.91. The van der Waals surface area contributed by atoms with E-state index in [4.69, 9.17) is 0 Å². The van der Waals surface area contributed by atoms with Crippen LogP contribution in [0.4, 0.5) is 0 Å². The summed E-state index contributed by atoms with van der Waals surface area (Å²) in [7, 11) is 0. The minimum atomic E-state index is -1.09. The van der Waals surface area contributed by atoms with Crippen molar-refractivity contribution in [1.82, 2.24) is 4.90 Å². The van der Waals surface area contributed by atoms with Crippen molar-refractivity contribution in [2.45, 2.75) is 66.3 Å². The van der Waals surface area contributed by atoms with Crippen molar-refractivity contribution in [3.05, 3.63) is 47.5 Å². The van der Waals surface area contributed by atoms with E-state index in [0.717, 1.165) is 19.3 Å². The Kier molecular flexibility index (Phi) is 5.70. The van der Waals surface area contributed by atoms with E-state index in [0.29, 0.717) is 23.8 Å². The van der Waals surface area contributed by atoms with E-state index in [-0.39, 0.29) is 41.4 Å². The van der Waals surface area contributed by atoms with E-state index in [1.54, 1.807) is 12.1 Å². The smallest absolute Gasteiger partial charge is 0.260 e. The number of imide groups is 1. The van der Waals surface area contributed by atoms with Crippen LogP contribution in [-0.4, -0.2) is 28.5 Å². The van der Waals surface area contributed by atoms with Crippen LogP contribution in [0.25, 0.3) is 0 Å². The second-order valence-corrected chi connectivity index (χ2v) is 10.5. The molecule has 1 saturated carbocycles. The van der Waals surface area contributed by atoms with Crippen LogP contribution in [0.5, 0.6) is 0 Å². The molecule has 6 atom stereocenters. The second kappa shape index (κ2) is 8.03. The minimum absolute atomic E-state index is 0.0598. The molecule has 3 aliphatic rings. The number of likely N-dealkylation sites (tertiary alicyclic amines) is 1. The monoisotopic (exact) mass is 421 g/mol. The van der Waals surface area contributed by atoms with E-state index in [1.165, 1.54) is 10.5 Å². The first kappa shape index (κ1) is 22.0. The molecule has 31 heavy (non-hydrogen) atoms. The zero-order valence-electron chi connectivity index (χ0n) is 19.4. The van der Waals surface area contributed by atoms with Gasteiger partial charge in [0.15, 0.2) is 0 Å². The van der Waals surface area contributed by atoms with Gasteiger partial charge in [0.1, 0.15) is 11.2 Å². The highest BCUT2D eigenvalue weighted by Gasteiger charge is 2.69. The van der Waals surface area contributed by atoms with Gasteiger partial charge in [-0.1, -0.05) is 57.5 Å². The Morgan fingerprint density at radius 3 is 2.48 bits per heavy atom. The molecule has 2 aliphatic carbocycles. The number of allylic oxidation sites excluding steroid dienone is 2. The van der Waals surface area contributed by atoms with E-state index < -0.39 is 5.41 Å². The van der Waals surface area contributed by atoms with Crippen molar-refractivity contribution in [2.24, 2.45) is 35.0 Å². The number of ketones is 1.